The molecule has 0 unspecified atom stereocenters. The minimum atomic E-state index is -0.00116. The van der Waals surface area contributed by atoms with E-state index in [1.54, 1.807) is 0 Å². The molecule has 0 aliphatic rings. The Balaban J connectivity index is 3.81. The Morgan fingerprint density at radius 3 is 2.47 bits per heavy atom. The SMILES string of the molecule is CCCCN(CCC)C(=O)NCCCO. The molecule has 2 N–H and O–H groups in total. The van der Waals surface area contributed by atoms with Crippen LogP contribution in [0.4, 0.5) is 4.79 Å². The van der Waals surface area contributed by atoms with Gasteiger partial charge in [-0.25, -0.2) is 4.79 Å². The summed E-state index contributed by atoms with van der Waals surface area (Å²) in [4.78, 5) is 13.5. The van der Waals surface area contributed by atoms with Crippen LogP contribution in [-0.4, -0.2) is 42.3 Å². The second-order valence-electron chi connectivity index (χ2n) is 3.65. The van der Waals surface area contributed by atoms with E-state index in [9.17, 15) is 4.79 Å². The van der Waals surface area contributed by atoms with E-state index in [-0.39, 0.29) is 12.6 Å². The first-order valence-electron chi connectivity index (χ1n) is 5.89. The number of nitrogens with zero attached hydrogens (tertiary/aromatic N) is 1. The van der Waals surface area contributed by atoms with Crippen molar-refractivity contribution in [2.24, 2.45) is 0 Å². The highest BCUT2D eigenvalue weighted by Crippen LogP contribution is 1.97. The zero-order valence-corrected chi connectivity index (χ0v) is 9.96. The summed E-state index contributed by atoms with van der Waals surface area (Å²) >= 11 is 0. The molecule has 0 radical (unpaired) electrons. The Labute approximate surface area is 92.7 Å². The molecule has 0 spiro atoms. The number of carbonyl (C=O) groups excluding carboxylic acids is 1. The van der Waals surface area contributed by atoms with Crippen LogP contribution in [-0.2, 0) is 0 Å². The van der Waals surface area contributed by atoms with E-state index in [0.717, 1.165) is 32.4 Å². The molecule has 0 aliphatic carbocycles. The first-order valence-corrected chi connectivity index (χ1v) is 5.89. The third-order valence-electron chi connectivity index (χ3n) is 2.17. The molecule has 0 atom stereocenters. The number of aliphatic hydroxyl groups is 1. The zero-order chi connectivity index (χ0) is 11.5. The summed E-state index contributed by atoms with van der Waals surface area (Å²) in [6, 6.07) is -0.00116. The summed E-state index contributed by atoms with van der Waals surface area (Å²) in [7, 11) is 0. The maximum atomic E-state index is 11.6. The summed E-state index contributed by atoms with van der Waals surface area (Å²) in [6.07, 6.45) is 3.76. The van der Waals surface area contributed by atoms with Gasteiger partial charge in [-0.05, 0) is 19.3 Å². The van der Waals surface area contributed by atoms with E-state index >= 15 is 0 Å². The van der Waals surface area contributed by atoms with E-state index in [1.807, 2.05) is 4.90 Å². The maximum Gasteiger partial charge on any atom is 0.317 e. The van der Waals surface area contributed by atoms with Crippen molar-refractivity contribution >= 4 is 6.03 Å². The Morgan fingerprint density at radius 1 is 1.20 bits per heavy atom. The predicted molar refractivity (Wildman–Crippen MR) is 61.9 cm³/mol. The minimum absolute atomic E-state index is 0.00116. The van der Waals surface area contributed by atoms with Gasteiger partial charge in [-0.1, -0.05) is 20.3 Å². The van der Waals surface area contributed by atoms with Crippen molar-refractivity contribution in [3.05, 3.63) is 0 Å². The molecule has 0 saturated carbocycles. The number of hydrogen-bond acceptors (Lipinski definition) is 2. The van der Waals surface area contributed by atoms with Gasteiger partial charge in [0.05, 0.1) is 0 Å². The van der Waals surface area contributed by atoms with Crippen LogP contribution in [0.15, 0.2) is 0 Å². The quantitative estimate of drug-likeness (QED) is 0.605. The number of amides is 2. The van der Waals surface area contributed by atoms with Gasteiger partial charge in [0.25, 0.3) is 0 Å². The van der Waals surface area contributed by atoms with Crippen molar-refractivity contribution in [2.45, 2.75) is 39.5 Å². The average Bonchev–Trinajstić information content (AvgIpc) is 2.24. The highest BCUT2D eigenvalue weighted by molar-refractivity contribution is 5.74. The van der Waals surface area contributed by atoms with Crippen LogP contribution in [0.3, 0.4) is 0 Å². The van der Waals surface area contributed by atoms with Gasteiger partial charge in [-0.15, -0.1) is 0 Å². The molecule has 0 saturated heterocycles. The number of nitrogens with one attached hydrogen (secondary N) is 1. The smallest absolute Gasteiger partial charge is 0.317 e. The normalized spacial score (nSPS) is 10.1. The number of carbonyl (C=O) groups is 1. The van der Waals surface area contributed by atoms with Crippen molar-refractivity contribution in [3.63, 3.8) is 0 Å². The molecule has 0 fully saturated rings. The van der Waals surface area contributed by atoms with Crippen molar-refractivity contribution in [2.75, 3.05) is 26.2 Å². The molecule has 4 heteroatoms. The lowest BCUT2D eigenvalue weighted by atomic mass is 10.3. The molecule has 2 amide bonds. The fourth-order valence-corrected chi connectivity index (χ4v) is 1.32. The van der Waals surface area contributed by atoms with E-state index < -0.39 is 0 Å². The van der Waals surface area contributed by atoms with E-state index in [2.05, 4.69) is 19.2 Å². The van der Waals surface area contributed by atoms with Gasteiger partial charge < -0.3 is 15.3 Å². The van der Waals surface area contributed by atoms with Gasteiger partial charge in [-0.3, -0.25) is 0 Å². The monoisotopic (exact) mass is 216 g/mol. The van der Waals surface area contributed by atoms with Gasteiger partial charge in [0.1, 0.15) is 0 Å². The topological polar surface area (TPSA) is 52.6 Å². The summed E-state index contributed by atoms with van der Waals surface area (Å²) in [6.45, 7) is 6.51. The van der Waals surface area contributed by atoms with Crippen molar-refractivity contribution < 1.29 is 9.90 Å². The van der Waals surface area contributed by atoms with E-state index in [1.165, 1.54) is 0 Å². The lowest BCUT2D eigenvalue weighted by Crippen LogP contribution is -2.41. The predicted octanol–water partition coefficient (Wildman–Crippen LogP) is 1.59. The highest BCUT2D eigenvalue weighted by atomic mass is 16.3. The largest absolute Gasteiger partial charge is 0.396 e. The van der Waals surface area contributed by atoms with Crippen LogP contribution in [0.25, 0.3) is 0 Å². The fraction of sp³-hybridized carbons (Fsp3) is 0.909. The standard InChI is InChI=1S/C11H24N2O2/c1-3-5-9-13(8-4-2)11(15)12-7-6-10-14/h14H,3-10H2,1-2H3,(H,12,15). The number of urea groups is 1. The number of unbranched alkanes of at least 4 members (excludes halogenated alkanes) is 1. The lowest BCUT2D eigenvalue weighted by molar-refractivity contribution is 0.195. The highest BCUT2D eigenvalue weighted by Gasteiger charge is 2.10. The minimum Gasteiger partial charge on any atom is -0.396 e. The van der Waals surface area contributed by atoms with Gasteiger partial charge in [0, 0.05) is 26.2 Å². The van der Waals surface area contributed by atoms with Crippen molar-refractivity contribution in [1.29, 1.82) is 0 Å². The molecule has 0 aromatic carbocycles. The van der Waals surface area contributed by atoms with Crippen molar-refractivity contribution in [1.82, 2.24) is 10.2 Å². The molecular formula is C11H24N2O2. The summed E-state index contributed by atoms with van der Waals surface area (Å²) in [5.41, 5.74) is 0. The second kappa shape index (κ2) is 9.77. The first-order chi connectivity index (χ1) is 7.26. The molecule has 0 heterocycles. The summed E-state index contributed by atoms with van der Waals surface area (Å²) < 4.78 is 0. The van der Waals surface area contributed by atoms with Crippen LogP contribution in [0.5, 0.6) is 0 Å². The van der Waals surface area contributed by atoms with Crippen LogP contribution >= 0.6 is 0 Å². The molecule has 90 valence electrons. The lowest BCUT2D eigenvalue weighted by Gasteiger charge is -2.22. The zero-order valence-electron chi connectivity index (χ0n) is 9.96. The van der Waals surface area contributed by atoms with Crippen LogP contribution in [0.2, 0.25) is 0 Å². The molecule has 0 aromatic heterocycles. The molecule has 15 heavy (non-hydrogen) atoms. The number of rotatable bonds is 8. The molecule has 0 aliphatic heterocycles. The Bertz CT molecular complexity index is 163. The Hall–Kier alpha value is -0.770. The van der Waals surface area contributed by atoms with Crippen LogP contribution in [0, 0.1) is 0 Å². The summed E-state index contributed by atoms with van der Waals surface area (Å²) in [5.74, 6) is 0. The summed E-state index contributed by atoms with van der Waals surface area (Å²) in [5, 5.41) is 11.4. The third-order valence-corrected chi connectivity index (χ3v) is 2.17. The van der Waals surface area contributed by atoms with Gasteiger partial charge >= 0.3 is 6.03 Å². The van der Waals surface area contributed by atoms with Gasteiger partial charge in [0.15, 0.2) is 0 Å². The van der Waals surface area contributed by atoms with E-state index in [4.69, 9.17) is 5.11 Å². The molecule has 0 aromatic rings. The molecule has 0 rings (SSSR count). The fourth-order valence-electron chi connectivity index (χ4n) is 1.32. The van der Waals surface area contributed by atoms with Gasteiger partial charge in [-0.2, -0.15) is 0 Å². The average molecular weight is 216 g/mol. The molecule has 0 bridgehead atoms. The number of aliphatic hydroxyl groups excluding tert-OH is 1. The third kappa shape index (κ3) is 7.19. The molecule has 4 nitrogen and oxygen atoms in total. The van der Waals surface area contributed by atoms with Gasteiger partial charge in [0.2, 0.25) is 0 Å². The second-order valence-corrected chi connectivity index (χ2v) is 3.65. The van der Waals surface area contributed by atoms with Crippen LogP contribution in [0.1, 0.15) is 39.5 Å². The van der Waals surface area contributed by atoms with Crippen LogP contribution < -0.4 is 5.32 Å². The van der Waals surface area contributed by atoms with Crippen molar-refractivity contribution in [3.8, 4) is 0 Å². The first kappa shape index (κ1) is 14.2. The maximum absolute atomic E-state index is 11.6. The Morgan fingerprint density at radius 2 is 1.93 bits per heavy atom. The molecular weight excluding hydrogens is 192 g/mol. The van der Waals surface area contributed by atoms with E-state index in [0.29, 0.717) is 13.0 Å². The number of hydrogen-bond donors (Lipinski definition) is 2. The Kier molecular flexibility index (Phi) is 9.27.